The SMILES string of the molecule is CN(Cc1ccc2c(c1)OCCO2)[C@@H]1COC[C@H]1F. The molecular formula is C14H18FNO3. The van der Waals surface area contributed by atoms with E-state index in [1.165, 1.54) is 0 Å². The molecule has 0 amide bonds. The molecule has 1 saturated heterocycles. The quantitative estimate of drug-likeness (QED) is 0.833. The van der Waals surface area contributed by atoms with Crippen LogP contribution in [-0.2, 0) is 11.3 Å². The van der Waals surface area contributed by atoms with Crippen LogP contribution in [0.15, 0.2) is 18.2 Å². The molecule has 1 aromatic rings. The summed E-state index contributed by atoms with van der Waals surface area (Å²) >= 11 is 0. The van der Waals surface area contributed by atoms with Gasteiger partial charge < -0.3 is 14.2 Å². The van der Waals surface area contributed by atoms with Gasteiger partial charge in [-0.05, 0) is 24.7 Å². The highest BCUT2D eigenvalue weighted by Gasteiger charge is 2.31. The first-order valence-corrected chi connectivity index (χ1v) is 6.54. The molecular weight excluding hydrogens is 249 g/mol. The number of alkyl halides is 1. The van der Waals surface area contributed by atoms with Crippen molar-refractivity contribution in [2.75, 3.05) is 33.5 Å². The number of likely N-dealkylation sites (N-methyl/N-ethyl adjacent to an activating group) is 1. The summed E-state index contributed by atoms with van der Waals surface area (Å²) in [6.45, 7) is 2.51. The van der Waals surface area contributed by atoms with Crippen molar-refractivity contribution in [1.82, 2.24) is 4.90 Å². The first-order chi connectivity index (χ1) is 9.24. The molecule has 2 heterocycles. The number of benzene rings is 1. The molecule has 2 atom stereocenters. The Labute approximate surface area is 112 Å². The molecule has 0 unspecified atom stereocenters. The minimum atomic E-state index is -0.901. The molecule has 0 N–H and O–H groups in total. The van der Waals surface area contributed by atoms with Crippen molar-refractivity contribution in [2.45, 2.75) is 18.8 Å². The van der Waals surface area contributed by atoms with Crippen LogP contribution in [0.3, 0.4) is 0 Å². The molecule has 1 fully saturated rings. The molecule has 0 saturated carbocycles. The topological polar surface area (TPSA) is 30.9 Å². The average Bonchev–Trinajstić information content (AvgIpc) is 2.85. The predicted octanol–water partition coefficient (Wildman–Crippen LogP) is 1.63. The highest BCUT2D eigenvalue weighted by molar-refractivity contribution is 5.43. The summed E-state index contributed by atoms with van der Waals surface area (Å²) in [6.07, 6.45) is -0.901. The Bertz CT molecular complexity index is 454. The van der Waals surface area contributed by atoms with Crippen LogP contribution in [0.5, 0.6) is 11.5 Å². The smallest absolute Gasteiger partial charge is 0.161 e. The maximum Gasteiger partial charge on any atom is 0.161 e. The van der Waals surface area contributed by atoms with Gasteiger partial charge in [0.15, 0.2) is 11.5 Å². The Kier molecular flexibility index (Phi) is 3.57. The highest BCUT2D eigenvalue weighted by atomic mass is 19.1. The lowest BCUT2D eigenvalue weighted by Crippen LogP contribution is -2.38. The van der Waals surface area contributed by atoms with Gasteiger partial charge in [0.2, 0.25) is 0 Å². The van der Waals surface area contributed by atoms with E-state index < -0.39 is 6.17 Å². The van der Waals surface area contributed by atoms with E-state index >= 15 is 0 Å². The van der Waals surface area contributed by atoms with Gasteiger partial charge in [-0.2, -0.15) is 0 Å². The summed E-state index contributed by atoms with van der Waals surface area (Å²) in [5.74, 6) is 1.56. The number of hydrogen-bond donors (Lipinski definition) is 0. The van der Waals surface area contributed by atoms with Crippen molar-refractivity contribution < 1.29 is 18.6 Å². The number of nitrogens with zero attached hydrogens (tertiary/aromatic N) is 1. The molecule has 4 nitrogen and oxygen atoms in total. The minimum absolute atomic E-state index is 0.159. The van der Waals surface area contributed by atoms with Crippen LogP contribution in [0.2, 0.25) is 0 Å². The molecule has 104 valence electrons. The number of fused-ring (bicyclic) bond motifs is 1. The van der Waals surface area contributed by atoms with Gasteiger partial charge in [-0.1, -0.05) is 6.07 Å². The monoisotopic (exact) mass is 267 g/mol. The molecule has 0 aromatic heterocycles. The Morgan fingerprint density at radius 2 is 2.00 bits per heavy atom. The average molecular weight is 267 g/mol. The highest BCUT2D eigenvalue weighted by Crippen LogP contribution is 2.31. The molecule has 0 spiro atoms. The first-order valence-electron chi connectivity index (χ1n) is 6.54. The summed E-state index contributed by atoms with van der Waals surface area (Å²) < 4.78 is 29.8. The van der Waals surface area contributed by atoms with E-state index in [1.807, 2.05) is 30.1 Å². The van der Waals surface area contributed by atoms with Gasteiger partial charge in [0.1, 0.15) is 19.4 Å². The third kappa shape index (κ3) is 2.67. The van der Waals surface area contributed by atoms with E-state index in [0.29, 0.717) is 26.4 Å². The van der Waals surface area contributed by atoms with Gasteiger partial charge >= 0.3 is 0 Å². The van der Waals surface area contributed by atoms with Gasteiger partial charge in [0, 0.05) is 6.54 Å². The number of rotatable bonds is 3. The zero-order valence-corrected chi connectivity index (χ0v) is 11.0. The molecule has 19 heavy (non-hydrogen) atoms. The second-order valence-electron chi connectivity index (χ2n) is 5.01. The molecule has 1 aromatic carbocycles. The van der Waals surface area contributed by atoms with Crippen molar-refractivity contribution in [3.05, 3.63) is 23.8 Å². The van der Waals surface area contributed by atoms with E-state index in [9.17, 15) is 4.39 Å². The van der Waals surface area contributed by atoms with E-state index in [4.69, 9.17) is 14.2 Å². The Morgan fingerprint density at radius 1 is 1.21 bits per heavy atom. The zero-order valence-electron chi connectivity index (χ0n) is 11.0. The maximum absolute atomic E-state index is 13.6. The van der Waals surface area contributed by atoms with Crippen molar-refractivity contribution in [1.29, 1.82) is 0 Å². The molecule has 0 bridgehead atoms. The van der Waals surface area contributed by atoms with Crippen molar-refractivity contribution in [2.24, 2.45) is 0 Å². The Hall–Kier alpha value is -1.33. The maximum atomic E-state index is 13.6. The second kappa shape index (κ2) is 5.35. The number of hydrogen-bond acceptors (Lipinski definition) is 4. The lowest BCUT2D eigenvalue weighted by molar-refractivity contribution is 0.152. The first kappa shape index (κ1) is 12.7. The Balaban J connectivity index is 1.69. The van der Waals surface area contributed by atoms with Gasteiger partial charge in [0.05, 0.1) is 19.3 Å². The third-order valence-electron chi connectivity index (χ3n) is 3.59. The normalized spacial score (nSPS) is 25.8. The lowest BCUT2D eigenvalue weighted by atomic mass is 10.1. The molecule has 0 aliphatic carbocycles. The lowest BCUT2D eigenvalue weighted by Gasteiger charge is -2.25. The van der Waals surface area contributed by atoms with Crippen LogP contribution in [0.4, 0.5) is 4.39 Å². The third-order valence-corrected chi connectivity index (χ3v) is 3.59. The largest absolute Gasteiger partial charge is 0.486 e. The van der Waals surface area contributed by atoms with Crippen molar-refractivity contribution >= 4 is 0 Å². The standard InChI is InChI=1S/C14H18FNO3/c1-16(12-9-17-8-11(12)15)7-10-2-3-13-14(6-10)19-5-4-18-13/h2-3,6,11-12H,4-5,7-9H2,1H3/t11-,12-/m1/s1. The van der Waals surface area contributed by atoms with Crippen molar-refractivity contribution in [3.8, 4) is 11.5 Å². The summed E-state index contributed by atoms with van der Waals surface area (Å²) in [6, 6.07) is 5.71. The summed E-state index contributed by atoms with van der Waals surface area (Å²) in [5, 5.41) is 0. The molecule has 2 aliphatic heterocycles. The van der Waals surface area contributed by atoms with E-state index in [1.54, 1.807) is 0 Å². The number of ether oxygens (including phenoxy) is 3. The van der Waals surface area contributed by atoms with E-state index in [0.717, 1.165) is 17.1 Å². The zero-order chi connectivity index (χ0) is 13.2. The van der Waals surface area contributed by atoms with E-state index in [2.05, 4.69) is 0 Å². The van der Waals surface area contributed by atoms with Crippen LogP contribution >= 0.6 is 0 Å². The molecule has 0 radical (unpaired) electrons. The Morgan fingerprint density at radius 3 is 2.74 bits per heavy atom. The summed E-state index contributed by atoms with van der Waals surface area (Å²) in [5.41, 5.74) is 1.09. The van der Waals surface area contributed by atoms with Crippen molar-refractivity contribution in [3.63, 3.8) is 0 Å². The van der Waals surface area contributed by atoms with Gasteiger partial charge in [-0.25, -0.2) is 4.39 Å². The van der Waals surface area contributed by atoms with E-state index in [-0.39, 0.29) is 12.6 Å². The van der Waals surface area contributed by atoms with Crippen LogP contribution < -0.4 is 9.47 Å². The predicted molar refractivity (Wildman–Crippen MR) is 68.4 cm³/mol. The van der Waals surface area contributed by atoms with Crippen LogP contribution in [0.1, 0.15) is 5.56 Å². The summed E-state index contributed by atoms with van der Waals surface area (Å²) in [7, 11) is 1.92. The molecule has 3 rings (SSSR count). The van der Waals surface area contributed by atoms with Gasteiger partial charge in [-0.15, -0.1) is 0 Å². The number of halogens is 1. The molecule has 2 aliphatic rings. The van der Waals surface area contributed by atoms with Crippen LogP contribution in [0, 0.1) is 0 Å². The second-order valence-corrected chi connectivity index (χ2v) is 5.01. The minimum Gasteiger partial charge on any atom is -0.486 e. The summed E-state index contributed by atoms with van der Waals surface area (Å²) in [4.78, 5) is 1.99. The molecule has 5 heteroatoms. The van der Waals surface area contributed by atoms with Gasteiger partial charge in [-0.3, -0.25) is 4.90 Å². The fourth-order valence-corrected chi connectivity index (χ4v) is 2.51. The fourth-order valence-electron chi connectivity index (χ4n) is 2.51. The fraction of sp³-hybridized carbons (Fsp3) is 0.571. The van der Waals surface area contributed by atoms with Gasteiger partial charge in [0.25, 0.3) is 0 Å². The van der Waals surface area contributed by atoms with Crippen LogP contribution in [0.25, 0.3) is 0 Å². The van der Waals surface area contributed by atoms with Crippen LogP contribution in [-0.4, -0.2) is 50.6 Å².